The minimum absolute atomic E-state index is 0.146. The maximum absolute atomic E-state index is 5.70. The van der Waals surface area contributed by atoms with Gasteiger partial charge in [0, 0.05) is 6.61 Å². The molecule has 28 heavy (non-hydrogen) atoms. The molecule has 0 atom stereocenters. The summed E-state index contributed by atoms with van der Waals surface area (Å²) in [7, 11) is 0. The Kier molecular flexibility index (Phi) is 11.5. The number of hydrogen-bond acceptors (Lipinski definition) is 3. The molecule has 1 aromatic carbocycles. The molecular formula is C25H44N2O. The zero-order valence-electron chi connectivity index (χ0n) is 20.4. The van der Waals surface area contributed by atoms with Gasteiger partial charge in [-0.2, -0.15) is 0 Å². The van der Waals surface area contributed by atoms with Gasteiger partial charge in [-0.25, -0.2) is 9.97 Å². The minimum Gasteiger partial charge on any atom is -0.381 e. The lowest BCUT2D eigenvalue weighted by atomic mass is 9.65. The van der Waals surface area contributed by atoms with Crippen molar-refractivity contribution in [1.29, 1.82) is 0 Å². The zero-order chi connectivity index (χ0) is 22.0. The third-order valence-corrected chi connectivity index (χ3v) is 5.68. The Balaban J connectivity index is 0.00000171. The van der Waals surface area contributed by atoms with Gasteiger partial charge in [-0.3, -0.25) is 0 Å². The van der Waals surface area contributed by atoms with E-state index in [1.54, 1.807) is 0 Å². The molecule has 3 nitrogen and oxygen atoms in total. The number of fused-ring (bicyclic) bond motifs is 1. The fourth-order valence-corrected chi connectivity index (χ4v) is 2.78. The molecule has 0 bridgehead atoms. The normalized spacial score (nSPS) is 11.4. The fraction of sp³-hybridized carbons (Fsp3) is 0.680. The van der Waals surface area contributed by atoms with Crippen molar-refractivity contribution >= 4 is 11.0 Å². The van der Waals surface area contributed by atoms with Crippen LogP contribution in [0.2, 0.25) is 0 Å². The van der Waals surface area contributed by atoms with Gasteiger partial charge < -0.3 is 4.74 Å². The second-order valence-corrected chi connectivity index (χ2v) is 8.12. The van der Waals surface area contributed by atoms with Gasteiger partial charge in [0.15, 0.2) is 0 Å². The SMILES string of the molecule is CC.CC.CCOCC(C)(C)C(C)(C)CCc1ccc2nc(C)c(C)nc2c1. The molecule has 0 fully saturated rings. The summed E-state index contributed by atoms with van der Waals surface area (Å²) in [6.07, 6.45) is 2.17. The van der Waals surface area contributed by atoms with Crippen molar-refractivity contribution in [3.8, 4) is 0 Å². The van der Waals surface area contributed by atoms with E-state index < -0.39 is 0 Å². The van der Waals surface area contributed by atoms with Gasteiger partial charge in [-0.1, -0.05) is 61.5 Å². The van der Waals surface area contributed by atoms with E-state index in [1.165, 1.54) is 5.56 Å². The first kappa shape index (κ1) is 26.5. The molecule has 0 spiro atoms. The average molecular weight is 389 g/mol. The van der Waals surface area contributed by atoms with E-state index in [9.17, 15) is 0 Å². The molecule has 0 aliphatic heterocycles. The molecule has 0 N–H and O–H groups in total. The monoisotopic (exact) mass is 388 g/mol. The van der Waals surface area contributed by atoms with E-state index in [0.717, 1.165) is 48.5 Å². The third kappa shape index (κ3) is 7.16. The van der Waals surface area contributed by atoms with Crippen molar-refractivity contribution in [3.63, 3.8) is 0 Å². The second kappa shape index (κ2) is 12.2. The first-order valence-electron chi connectivity index (χ1n) is 11.0. The largest absolute Gasteiger partial charge is 0.381 e. The van der Waals surface area contributed by atoms with Gasteiger partial charge in [-0.15, -0.1) is 0 Å². The van der Waals surface area contributed by atoms with Crippen molar-refractivity contribution in [2.75, 3.05) is 13.2 Å². The summed E-state index contributed by atoms with van der Waals surface area (Å²) in [4.78, 5) is 9.31. The standard InChI is InChI=1S/C21H32N2O.2C2H6/c1-8-24-14-21(6,7)20(4,5)12-11-17-9-10-18-19(13-17)23-16(3)15(2)22-18;2*1-2/h9-10,13H,8,11-12,14H2,1-7H3;2*1-2H3. The summed E-state index contributed by atoms with van der Waals surface area (Å²) < 4.78 is 5.70. The van der Waals surface area contributed by atoms with Crippen LogP contribution in [0.3, 0.4) is 0 Å². The fourth-order valence-electron chi connectivity index (χ4n) is 2.78. The summed E-state index contributed by atoms with van der Waals surface area (Å²) in [5, 5.41) is 0. The lowest BCUT2D eigenvalue weighted by Crippen LogP contribution is -2.37. The zero-order valence-corrected chi connectivity index (χ0v) is 20.4. The Morgan fingerprint density at radius 3 is 1.89 bits per heavy atom. The lowest BCUT2D eigenvalue weighted by molar-refractivity contribution is -0.00863. The molecule has 0 radical (unpaired) electrons. The van der Waals surface area contributed by atoms with E-state index in [1.807, 2.05) is 41.5 Å². The van der Waals surface area contributed by atoms with Crippen molar-refractivity contribution in [3.05, 3.63) is 35.2 Å². The highest BCUT2D eigenvalue weighted by molar-refractivity contribution is 5.75. The van der Waals surface area contributed by atoms with Crippen LogP contribution < -0.4 is 0 Å². The molecule has 2 aromatic rings. The van der Waals surface area contributed by atoms with Gasteiger partial charge in [0.1, 0.15) is 0 Å². The van der Waals surface area contributed by atoms with Gasteiger partial charge in [-0.05, 0) is 62.1 Å². The maximum atomic E-state index is 5.70. The van der Waals surface area contributed by atoms with E-state index in [2.05, 4.69) is 62.8 Å². The molecule has 1 aromatic heterocycles. The van der Waals surface area contributed by atoms with E-state index in [0.29, 0.717) is 0 Å². The molecule has 0 aliphatic rings. The van der Waals surface area contributed by atoms with E-state index in [-0.39, 0.29) is 10.8 Å². The van der Waals surface area contributed by atoms with Gasteiger partial charge in [0.05, 0.1) is 29.0 Å². The number of aryl methyl sites for hydroxylation is 3. The van der Waals surface area contributed by atoms with Crippen LogP contribution in [-0.2, 0) is 11.2 Å². The van der Waals surface area contributed by atoms with Crippen LogP contribution in [0.4, 0.5) is 0 Å². The molecule has 0 saturated heterocycles. The highest BCUT2D eigenvalue weighted by Gasteiger charge is 2.36. The van der Waals surface area contributed by atoms with Gasteiger partial charge in [0.25, 0.3) is 0 Å². The quantitative estimate of drug-likeness (QED) is 0.498. The molecule has 0 unspecified atom stereocenters. The highest BCUT2D eigenvalue weighted by atomic mass is 16.5. The van der Waals surface area contributed by atoms with Crippen molar-refractivity contribution in [1.82, 2.24) is 9.97 Å². The van der Waals surface area contributed by atoms with E-state index >= 15 is 0 Å². The summed E-state index contributed by atoms with van der Waals surface area (Å²) in [5.74, 6) is 0. The minimum atomic E-state index is 0.146. The maximum Gasteiger partial charge on any atom is 0.0892 e. The summed E-state index contributed by atoms with van der Waals surface area (Å²) in [5.41, 5.74) is 5.69. The van der Waals surface area contributed by atoms with Crippen LogP contribution >= 0.6 is 0 Å². The molecule has 0 saturated carbocycles. The van der Waals surface area contributed by atoms with E-state index in [4.69, 9.17) is 4.74 Å². The Morgan fingerprint density at radius 2 is 1.36 bits per heavy atom. The predicted molar refractivity (Wildman–Crippen MR) is 124 cm³/mol. The number of rotatable bonds is 7. The molecule has 2 rings (SSSR count). The van der Waals surface area contributed by atoms with Crippen molar-refractivity contribution in [2.45, 2.75) is 89.0 Å². The smallest absolute Gasteiger partial charge is 0.0892 e. The van der Waals surface area contributed by atoms with Crippen LogP contribution in [0.25, 0.3) is 11.0 Å². The molecule has 160 valence electrons. The van der Waals surface area contributed by atoms with Crippen LogP contribution in [0.15, 0.2) is 18.2 Å². The third-order valence-electron chi connectivity index (χ3n) is 5.68. The molecular weight excluding hydrogens is 344 g/mol. The number of aromatic nitrogens is 2. The summed E-state index contributed by atoms with van der Waals surface area (Å²) >= 11 is 0. The topological polar surface area (TPSA) is 35.0 Å². The lowest BCUT2D eigenvalue weighted by Gasteiger charge is -2.41. The van der Waals surface area contributed by atoms with Crippen molar-refractivity contribution < 1.29 is 4.74 Å². The first-order chi connectivity index (χ1) is 13.2. The van der Waals surface area contributed by atoms with Crippen molar-refractivity contribution in [2.24, 2.45) is 10.8 Å². The number of ether oxygens (including phenoxy) is 1. The highest BCUT2D eigenvalue weighted by Crippen LogP contribution is 2.42. The Hall–Kier alpha value is -1.48. The Bertz CT molecular complexity index is 705. The van der Waals surface area contributed by atoms with Crippen LogP contribution in [0.5, 0.6) is 0 Å². The van der Waals surface area contributed by atoms with Gasteiger partial charge >= 0.3 is 0 Å². The Morgan fingerprint density at radius 1 is 0.821 bits per heavy atom. The number of benzene rings is 1. The Labute approximate surface area is 174 Å². The van der Waals surface area contributed by atoms with Gasteiger partial charge in [0.2, 0.25) is 0 Å². The first-order valence-corrected chi connectivity index (χ1v) is 11.0. The second-order valence-electron chi connectivity index (χ2n) is 8.12. The summed E-state index contributed by atoms with van der Waals surface area (Å²) in [6.45, 7) is 25.0. The molecule has 1 heterocycles. The molecule has 3 heteroatoms. The predicted octanol–water partition coefficient (Wildman–Crippen LogP) is 7.32. The molecule has 0 amide bonds. The number of hydrogen-bond donors (Lipinski definition) is 0. The number of nitrogens with zero attached hydrogens (tertiary/aromatic N) is 2. The molecule has 0 aliphatic carbocycles. The van der Waals surface area contributed by atoms with Crippen LogP contribution in [-0.4, -0.2) is 23.2 Å². The average Bonchev–Trinajstić information content (AvgIpc) is 2.69. The van der Waals surface area contributed by atoms with Crippen LogP contribution in [0, 0.1) is 24.7 Å². The summed E-state index contributed by atoms with van der Waals surface area (Å²) in [6, 6.07) is 6.49. The van der Waals surface area contributed by atoms with Crippen LogP contribution in [0.1, 0.15) is 85.7 Å².